The summed E-state index contributed by atoms with van der Waals surface area (Å²) in [5, 5.41) is 8.86. The molecule has 0 saturated carbocycles. The van der Waals surface area contributed by atoms with E-state index in [1.54, 1.807) is 12.0 Å². The first-order valence-corrected chi connectivity index (χ1v) is 7.85. The lowest BCUT2D eigenvalue weighted by molar-refractivity contribution is 0.0639. The highest BCUT2D eigenvalue weighted by Crippen LogP contribution is 2.30. The van der Waals surface area contributed by atoms with Gasteiger partial charge in [0.1, 0.15) is 5.75 Å². The van der Waals surface area contributed by atoms with E-state index in [1.807, 2.05) is 18.2 Å². The van der Waals surface area contributed by atoms with Crippen molar-refractivity contribution in [3.8, 4) is 5.75 Å². The van der Waals surface area contributed by atoms with Gasteiger partial charge in [0, 0.05) is 13.1 Å². The summed E-state index contributed by atoms with van der Waals surface area (Å²) in [5.41, 5.74) is 1.22. The number of carbonyl (C=O) groups is 2. The molecule has 2 heterocycles. The van der Waals surface area contributed by atoms with E-state index in [1.165, 1.54) is 17.7 Å². The number of rotatable bonds is 4. The van der Waals surface area contributed by atoms with Crippen LogP contribution in [0, 0.1) is 0 Å². The fourth-order valence-electron chi connectivity index (χ4n) is 3.03. The van der Waals surface area contributed by atoms with E-state index in [4.69, 9.17) is 14.3 Å². The summed E-state index contributed by atoms with van der Waals surface area (Å²) in [6.45, 7) is 1.23. The third-order valence-corrected chi connectivity index (χ3v) is 4.37. The molecule has 1 fully saturated rings. The molecule has 0 bridgehead atoms. The average molecular weight is 329 g/mol. The van der Waals surface area contributed by atoms with Gasteiger partial charge in [0.05, 0.1) is 7.11 Å². The molecule has 6 heteroatoms. The first kappa shape index (κ1) is 16.1. The largest absolute Gasteiger partial charge is 0.497 e. The maximum atomic E-state index is 12.4. The van der Waals surface area contributed by atoms with E-state index in [-0.39, 0.29) is 17.4 Å². The molecule has 0 spiro atoms. The summed E-state index contributed by atoms with van der Waals surface area (Å²) < 4.78 is 10.4. The van der Waals surface area contributed by atoms with Crippen LogP contribution in [0.5, 0.6) is 5.75 Å². The Morgan fingerprint density at radius 2 is 1.88 bits per heavy atom. The van der Waals surface area contributed by atoms with Crippen molar-refractivity contribution in [1.82, 2.24) is 4.90 Å². The number of carboxylic acid groups (broad SMARTS) is 1. The van der Waals surface area contributed by atoms with Gasteiger partial charge in [-0.15, -0.1) is 0 Å². The summed E-state index contributed by atoms with van der Waals surface area (Å²) in [6, 6.07) is 10.7. The Kier molecular flexibility index (Phi) is 4.55. The zero-order chi connectivity index (χ0) is 17.1. The van der Waals surface area contributed by atoms with E-state index in [9.17, 15) is 9.59 Å². The van der Waals surface area contributed by atoms with E-state index in [0.29, 0.717) is 19.0 Å². The molecule has 1 N–H and O–H groups in total. The van der Waals surface area contributed by atoms with Crippen LogP contribution in [0.1, 0.15) is 45.4 Å². The maximum absolute atomic E-state index is 12.4. The number of likely N-dealkylation sites (tertiary alicyclic amines) is 1. The number of amides is 1. The molecule has 126 valence electrons. The minimum Gasteiger partial charge on any atom is -0.497 e. The van der Waals surface area contributed by atoms with Gasteiger partial charge in [-0.05, 0) is 48.6 Å². The first-order valence-electron chi connectivity index (χ1n) is 7.85. The highest BCUT2D eigenvalue weighted by Gasteiger charge is 2.27. The number of methoxy groups -OCH3 is 1. The van der Waals surface area contributed by atoms with Crippen molar-refractivity contribution in [3.63, 3.8) is 0 Å². The van der Waals surface area contributed by atoms with Gasteiger partial charge in [-0.2, -0.15) is 0 Å². The van der Waals surface area contributed by atoms with Crippen LogP contribution in [0.4, 0.5) is 0 Å². The second-order valence-corrected chi connectivity index (χ2v) is 5.81. The molecule has 1 aliphatic heterocycles. The van der Waals surface area contributed by atoms with E-state index >= 15 is 0 Å². The third kappa shape index (κ3) is 3.27. The SMILES string of the molecule is COc1cccc(C2CCN(C(=O)c3ccc(C(=O)O)o3)CC2)c1. The highest BCUT2D eigenvalue weighted by atomic mass is 16.5. The number of aromatic carboxylic acids is 1. The number of carboxylic acids is 1. The predicted octanol–water partition coefficient (Wildman–Crippen LogP) is 3.01. The first-order chi connectivity index (χ1) is 11.6. The topological polar surface area (TPSA) is 80.0 Å². The number of hydrogen-bond donors (Lipinski definition) is 1. The summed E-state index contributed by atoms with van der Waals surface area (Å²) in [6.07, 6.45) is 1.71. The van der Waals surface area contributed by atoms with Gasteiger partial charge < -0.3 is 19.2 Å². The second-order valence-electron chi connectivity index (χ2n) is 5.81. The molecule has 6 nitrogen and oxygen atoms in total. The molecule has 1 amide bonds. The molecule has 0 atom stereocenters. The van der Waals surface area contributed by atoms with Gasteiger partial charge in [-0.3, -0.25) is 4.79 Å². The van der Waals surface area contributed by atoms with Crippen LogP contribution >= 0.6 is 0 Å². The van der Waals surface area contributed by atoms with Crippen LogP contribution in [-0.4, -0.2) is 42.1 Å². The number of ether oxygens (including phenoxy) is 1. The Hall–Kier alpha value is -2.76. The Morgan fingerprint density at radius 3 is 2.50 bits per heavy atom. The molecule has 2 aromatic rings. The van der Waals surface area contributed by atoms with Crippen molar-refractivity contribution in [2.45, 2.75) is 18.8 Å². The molecule has 1 aromatic carbocycles. The van der Waals surface area contributed by atoms with Crippen LogP contribution in [-0.2, 0) is 0 Å². The van der Waals surface area contributed by atoms with Crippen molar-refractivity contribution in [3.05, 3.63) is 53.5 Å². The number of furan rings is 1. The lowest BCUT2D eigenvalue weighted by Crippen LogP contribution is -2.37. The average Bonchev–Trinajstić information content (AvgIpc) is 3.12. The molecule has 1 saturated heterocycles. The van der Waals surface area contributed by atoms with Gasteiger partial charge in [-0.25, -0.2) is 4.79 Å². The van der Waals surface area contributed by atoms with Crippen molar-refractivity contribution in [2.24, 2.45) is 0 Å². The normalized spacial score (nSPS) is 15.3. The predicted molar refractivity (Wildman–Crippen MR) is 86.5 cm³/mol. The van der Waals surface area contributed by atoms with Crippen LogP contribution in [0.2, 0.25) is 0 Å². The van der Waals surface area contributed by atoms with Crippen LogP contribution in [0.15, 0.2) is 40.8 Å². The quantitative estimate of drug-likeness (QED) is 0.932. The summed E-state index contributed by atoms with van der Waals surface area (Å²) in [7, 11) is 1.65. The monoisotopic (exact) mass is 329 g/mol. The lowest BCUT2D eigenvalue weighted by Gasteiger charge is -2.31. The van der Waals surface area contributed by atoms with Gasteiger partial charge >= 0.3 is 5.97 Å². The van der Waals surface area contributed by atoms with Crippen LogP contribution in [0.25, 0.3) is 0 Å². The fourth-order valence-corrected chi connectivity index (χ4v) is 3.03. The molecule has 0 radical (unpaired) electrons. The summed E-state index contributed by atoms with van der Waals surface area (Å²) in [5.74, 6) is -0.354. The zero-order valence-electron chi connectivity index (χ0n) is 13.4. The Bertz CT molecular complexity index is 743. The Labute approximate surface area is 139 Å². The number of hydrogen-bond acceptors (Lipinski definition) is 4. The Balaban J connectivity index is 1.63. The van der Waals surface area contributed by atoms with E-state index in [0.717, 1.165) is 18.6 Å². The molecule has 0 aliphatic carbocycles. The summed E-state index contributed by atoms with van der Waals surface area (Å²) >= 11 is 0. The molecular formula is C18H19NO5. The smallest absolute Gasteiger partial charge is 0.371 e. The number of nitrogens with zero attached hydrogens (tertiary/aromatic N) is 1. The van der Waals surface area contributed by atoms with Crippen LogP contribution in [0.3, 0.4) is 0 Å². The molecule has 1 aliphatic rings. The number of piperidine rings is 1. The maximum Gasteiger partial charge on any atom is 0.371 e. The number of benzene rings is 1. The van der Waals surface area contributed by atoms with Gasteiger partial charge in [0.15, 0.2) is 5.76 Å². The lowest BCUT2D eigenvalue weighted by atomic mass is 9.89. The minimum atomic E-state index is -1.18. The van der Waals surface area contributed by atoms with Crippen molar-refractivity contribution in [2.75, 3.05) is 20.2 Å². The molecule has 0 unspecified atom stereocenters. The van der Waals surface area contributed by atoms with Gasteiger partial charge in [0.2, 0.25) is 5.76 Å². The van der Waals surface area contributed by atoms with Gasteiger partial charge in [-0.1, -0.05) is 12.1 Å². The molecule has 1 aromatic heterocycles. The standard InChI is InChI=1S/C18H19NO5/c1-23-14-4-2-3-13(11-14)12-7-9-19(10-8-12)17(20)15-5-6-16(24-15)18(21)22/h2-6,11-12H,7-10H2,1H3,(H,21,22). The number of carbonyl (C=O) groups excluding carboxylic acids is 1. The van der Waals surface area contributed by atoms with Crippen molar-refractivity contribution >= 4 is 11.9 Å². The van der Waals surface area contributed by atoms with Crippen molar-refractivity contribution < 1.29 is 23.8 Å². The Morgan fingerprint density at radius 1 is 1.17 bits per heavy atom. The fraction of sp³-hybridized carbons (Fsp3) is 0.333. The second kappa shape index (κ2) is 6.78. The molecule has 24 heavy (non-hydrogen) atoms. The van der Waals surface area contributed by atoms with E-state index < -0.39 is 5.97 Å². The molecular weight excluding hydrogens is 310 g/mol. The summed E-state index contributed by atoms with van der Waals surface area (Å²) in [4.78, 5) is 24.9. The minimum absolute atomic E-state index is 0.0761. The van der Waals surface area contributed by atoms with E-state index in [2.05, 4.69) is 6.07 Å². The van der Waals surface area contributed by atoms with Gasteiger partial charge in [0.25, 0.3) is 5.91 Å². The highest BCUT2D eigenvalue weighted by molar-refractivity contribution is 5.93. The van der Waals surface area contributed by atoms with Crippen molar-refractivity contribution in [1.29, 1.82) is 0 Å². The van der Waals surface area contributed by atoms with Crippen LogP contribution < -0.4 is 4.74 Å². The zero-order valence-corrected chi connectivity index (χ0v) is 13.4. The third-order valence-electron chi connectivity index (χ3n) is 4.37. The molecule has 3 rings (SSSR count).